The molecule has 0 bridgehead atoms. The van der Waals surface area contributed by atoms with E-state index in [1.807, 2.05) is 16.8 Å². The summed E-state index contributed by atoms with van der Waals surface area (Å²) in [5, 5.41) is 6.42. The van der Waals surface area contributed by atoms with Crippen molar-refractivity contribution >= 4 is 23.3 Å². The third-order valence-electron chi connectivity index (χ3n) is 2.72. The average molecular weight is 311 g/mol. The van der Waals surface area contributed by atoms with Gasteiger partial charge in [0, 0.05) is 12.6 Å². The van der Waals surface area contributed by atoms with Crippen LogP contribution in [0.4, 0.5) is 13.2 Å². The number of hydrogen-bond acceptors (Lipinski definition) is 2. The first-order valence-electron chi connectivity index (χ1n) is 6.09. The predicted octanol–water partition coefficient (Wildman–Crippen LogP) is 4.10. The fraction of sp³-hybridized carbons (Fsp3) is 0.133. The summed E-state index contributed by atoms with van der Waals surface area (Å²) < 4.78 is 37.2. The molecule has 2 aromatic rings. The lowest BCUT2D eigenvalue weighted by atomic mass is 10.1. The zero-order valence-electron chi connectivity index (χ0n) is 10.9. The van der Waals surface area contributed by atoms with E-state index in [-0.39, 0.29) is 12.5 Å². The van der Waals surface area contributed by atoms with Gasteiger partial charge in [-0.25, -0.2) is 0 Å². The van der Waals surface area contributed by atoms with Gasteiger partial charge in [-0.1, -0.05) is 12.1 Å². The van der Waals surface area contributed by atoms with Crippen molar-refractivity contribution in [2.24, 2.45) is 0 Å². The Balaban J connectivity index is 1.87. The van der Waals surface area contributed by atoms with E-state index < -0.39 is 11.7 Å². The maximum absolute atomic E-state index is 12.4. The van der Waals surface area contributed by atoms with Crippen LogP contribution in [0.5, 0.6) is 0 Å². The molecule has 0 fully saturated rings. The third-order valence-corrected chi connectivity index (χ3v) is 3.42. The van der Waals surface area contributed by atoms with Crippen LogP contribution >= 0.6 is 11.3 Å². The van der Waals surface area contributed by atoms with Gasteiger partial charge in [-0.05, 0) is 46.2 Å². The minimum Gasteiger partial charge on any atom is -0.348 e. The van der Waals surface area contributed by atoms with Gasteiger partial charge in [0.2, 0.25) is 5.91 Å². The van der Waals surface area contributed by atoms with Crippen LogP contribution in [0, 0.1) is 0 Å². The fourth-order valence-corrected chi connectivity index (χ4v) is 2.23. The van der Waals surface area contributed by atoms with Gasteiger partial charge in [0.05, 0.1) is 5.56 Å². The molecule has 0 radical (unpaired) electrons. The van der Waals surface area contributed by atoms with Crippen LogP contribution in [0.2, 0.25) is 0 Å². The number of hydrogen-bond donors (Lipinski definition) is 1. The molecule has 0 atom stereocenters. The topological polar surface area (TPSA) is 29.1 Å². The monoisotopic (exact) mass is 311 g/mol. The molecular weight excluding hydrogens is 299 g/mol. The van der Waals surface area contributed by atoms with Gasteiger partial charge in [0.1, 0.15) is 0 Å². The molecule has 0 unspecified atom stereocenters. The molecular formula is C15H12F3NOS. The zero-order chi connectivity index (χ0) is 15.3. The lowest BCUT2D eigenvalue weighted by Crippen LogP contribution is -2.20. The van der Waals surface area contributed by atoms with Gasteiger partial charge in [-0.3, -0.25) is 4.79 Å². The normalized spacial score (nSPS) is 11.8. The number of thiophene rings is 1. The molecule has 0 aliphatic carbocycles. The molecule has 0 aliphatic rings. The standard InChI is InChI=1S/C15H12F3NOS/c16-15(17,18)13-4-1-11(2-5-13)9-19-14(20)6-3-12-7-8-21-10-12/h1-8,10H,9H2,(H,19,20). The minimum atomic E-state index is -4.34. The Kier molecular flexibility index (Phi) is 4.80. The molecule has 1 aromatic carbocycles. The fourth-order valence-electron chi connectivity index (χ4n) is 1.60. The van der Waals surface area contributed by atoms with E-state index >= 15 is 0 Å². The Morgan fingerprint density at radius 1 is 1.19 bits per heavy atom. The van der Waals surface area contributed by atoms with Crippen molar-refractivity contribution in [3.63, 3.8) is 0 Å². The molecule has 21 heavy (non-hydrogen) atoms. The van der Waals surface area contributed by atoms with Gasteiger partial charge in [-0.2, -0.15) is 24.5 Å². The van der Waals surface area contributed by atoms with Crippen LogP contribution in [-0.4, -0.2) is 5.91 Å². The van der Waals surface area contributed by atoms with Gasteiger partial charge in [0.25, 0.3) is 0 Å². The number of alkyl halides is 3. The minimum absolute atomic E-state index is 0.185. The summed E-state index contributed by atoms with van der Waals surface area (Å²) in [5.74, 6) is -0.291. The van der Waals surface area contributed by atoms with E-state index in [1.165, 1.54) is 29.5 Å². The lowest BCUT2D eigenvalue weighted by Gasteiger charge is -2.07. The number of carbonyl (C=O) groups is 1. The van der Waals surface area contributed by atoms with Crippen LogP contribution < -0.4 is 5.32 Å². The Hall–Kier alpha value is -2.08. The van der Waals surface area contributed by atoms with Gasteiger partial charge in [0.15, 0.2) is 0 Å². The summed E-state index contributed by atoms with van der Waals surface area (Å²) in [6, 6.07) is 6.59. The number of nitrogens with one attached hydrogen (secondary N) is 1. The molecule has 0 spiro atoms. The van der Waals surface area contributed by atoms with E-state index in [1.54, 1.807) is 6.08 Å². The summed E-state index contributed by atoms with van der Waals surface area (Å²) in [6.45, 7) is 0.185. The number of carbonyl (C=O) groups excluding carboxylic acids is 1. The molecule has 1 aromatic heterocycles. The Morgan fingerprint density at radius 2 is 1.90 bits per heavy atom. The van der Waals surface area contributed by atoms with Crippen LogP contribution in [0.15, 0.2) is 47.2 Å². The predicted molar refractivity (Wildman–Crippen MR) is 76.6 cm³/mol. The SMILES string of the molecule is O=C(C=Cc1ccsc1)NCc1ccc(C(F)(F)F)cc1. The van der Waals surface area contributed by atoms with Crippen LogP contribution in [0.25, 0.3) is 6.08 Å². The van der Waals surface area contributed by atoms with Gasteiger partial charge >= 0.3 is 6.18 Å². The molecule has 110 valence electrons. The smallest absolute Gasteiger partial charge is 0.348 e. The number of rotatable bonds is 4. The molecule has 0 saturated carbocycles. The highest BCUT2D eigenvalue weighted by molar-refractivity contribution is 7.08. The van der Waals surface area contributed by atoms with Crippen molar-refractivity contribution in [3.8, 4) is 0 Å². The molecule has 0 aliphatic heterocycles. The van der Waals surface area contributed by atoms with Gasteiger partial charge < -0.3 is 5.32 Å². The molecule has 1 N–H and O–H groups in total. The molecule has 1 heterocycles. The highest BCUT2D eigenvalue weighted by Gasteiger charge is 2.29. The largest absolute Gasteiger partial charge is 0.416 e. The highest BCUT2D eigenvalue weighted by atomic mass is 32.1. The second kappa shape index (κ2) is 6.58. The maximum atomic E-state index is 12.4. The first-order chi connectivity index (χ1) is 9.95. The van der Waals surface area contributed by atoms with Crippen molar-refractivity contribution in [3.05, 3.63) is 63.9 Å². The van der Waals surface area contributed by atoms with E-state index in [0.29, 0.717) is 5.56 Å². The van der Waals surface area contributed by atoms with E-state index in [4.69, 9.17) is 0 Å². The summed E-state index contributed by atoms with van der Waals surface area (Å²) in [6.07, 6.45) is -1.27. The second-order valence-electron chi connectivity index (χ2n) is 4.30. The average Bonchev–Trinajstić information content (AvgIpc) is 2.95. The molecule has 1 amide bonds. The summed E-state index contributed by atoms with van der Waals surface area (Å²) in [4.78, 5) is 11.6. The number of benzene rings is 1. The van der Waals surface area contributed by atoms with Crippen molar-refractivity contribution < 1.29 is 18.0 Å². The Bertz CT molecular complexity index is 615. The Labute approximate surface area is 123 Å². The second-order valence-corrected chi connectivity index (χ2v) is 5.08. The zero-order valence-corrected chi connectivity index (χ0v) is 11.7. The number of amides is 1. The van der Waals surface area contributed by atoms with E-state index in [0.717, 1.165) is 17.7 Å². The summed E-state index contributed by atoms with van der Waals surface area (Å²) in [5.41, 5.74) is 0.847. The molecule has 2 nitrogen and oxygen atoms in total. The maximum Gasteiger partial charge on any atom is 0.416 e. The van der Waals surface area contributed by atoms with Crippen molar-refractivity contribution in [2.45, 2.75) is 12.7 Å². The van der Waals surface area contributed by atoms with Gasteiger partial charge in [-0.15, -0.1) is 0 Å². The van der Waals surface area contributed by atoms with Crippen LogP contribution in [0.1, 0.15) is 16.7 Å². The highest BCUT2D eigenvalue weighted by Crippen LogP contribution is 2.28. The Morgan fingerprint density at radius 3 is 2.48 bits per heavy atom. The summed E-state index contributed by atoms with van der Waals surface area (Å²) in [7, 11) is 0. The van der Waals surface area contributed by atoms with Crippen molar-refractivity contribution in [1.29, 1.82) is 0 Å². The molecule has 0 saturated heterocycles. The molecule has 2 rings (SSSR count). The third kappa shape index (κ3) is 4.75. The quantitative estimate of drug-likeness (QED) is 0.846. The molecule has 6 heteroatoms. The first kappa shape index (κ1) is 15.3. The van der Waals surface area contributed by atoms with E-state index in [2.05, 4.69) is 5.32 Å². The first-order valence-corrected chi connectivity index (χ1v) is 7.04. The van der Waals surface area contributed by atoms with Crippen LogP contribution in [0.3, 0.4) is 0 Å². The number of halogens is 3. The summed E-state index contributed by atoms with van der Waals surface area (Å²) >= 11 is 1.53. The van der Waals surface area contributed by atoms with Crippen molar-refractivity contribution in [1.82, 2.24) is 5.32 Å². The lowest BCUT2D eigenvalue weighted by molar-refractivity contribution is -0.137. The van der Waals surface area contributed by atoms with Crippen LogP contribution in [-0.2, 0) is 17.5 Å². The van der Waals surface area contributed by atoms with E-state index in [9.17, 15) is 18.0 Å². The van der Waals surface area contributed by atoms with Crippen molar-refractivity contribution in [2.75, 3.05) is 0 Å².